The van der Waals surface area contributed by atoms with Gasteiger partial charge in [0.2, 0.25) is 5.91 Å². The van der Waals surface area contributed by atoms with E-state index in [4.69, 9.17) is 0 Å². The van der Waals surface area contributed by atoms with E-state index in [1.54, 1.807) is 4.90 Å². The van der Waals surface area contributed by atoms with E-state index in [1.807, 2.05) is 83.1 Å². The van der Waals surface area contributed by atoms with Gasteiger partial charge in [0.25, 0.3) is 5.91 Å². The van der Waals surface area contributed by atoms with Gasteiger partial charge in [-0.25, -0.2) is 0 Å². The quantitative estimate of drug-likeness (QED) is 0.674. The molecule has 3 aromatic rings. The molecule has 1 saturated heterocycles. The average molecular weight is 376 g/mol. The number of rotatable bonds is 5. The summed E-state index contributed by atoms with van der Waals surface area (Å²) < 4.78 is 0. The van der Waals surface area contributed by atoms with Gasteiger partial charge in [-0.15, -0.1) is 11.3 Å². The number of hydrogen-bond acceptors (Lipinski definition) is 3. The molecular formula is C22H20N2O2S. The molecule has 2 aromatic carbocycles. The first kappa shape index (κ1) is 17.5. The minimum Gasteiger partial charge on any atom is -0.336 e. The summed E-state index contributed by atoms with van der Waals surface area (Å²) in [4.78, 5) is 29.9. The minimum atomic E-state index is -0.155. The molecule has 1 aliphatic rings. The van der Waals surface area contributed by atoms with Crippen LogP contribution >= 0.6 is 11.3 Å². The molecule has 4 rings (SSSR count). The van der Waals surface area contributed by atoms with E-state index in [9.17, 15) is 9.59 Å². The van der Waals surface area contributed by atoms with Crippen molar-refractivity contribution in [3.8, 4) is 0 Å². The van der Waals surface area contributed by atoms with E-state index in [2.05, 4.69) is 0 Å². The molecule has 0 bridgehead atoms. The number of amides is 2. The third-order valence-electron chi connectivity index (χ3n) is 4.77. The second-order valence-electron chi connectivity index (χ2n) is 6.63. The Labute approximate surface area is 162 Å². The van der Waals surface area contributed by atoms with Crippen LogP contribution in [0.2, 0.25) is 0 Å². The molecule has 5 heteroatoms. The number of hydrogen-bond donors (Lipinski definition) is 0. The summed E-state index contributed by atoms with van der Waals surface area (Å²) in [5.41, 5.74) is 1.97. The van der Waals surface area contributed by atoms with Gasteiger partial charge in [0.15, 0.2) is 0 Å². The monoisotopic (exact) mass is 376 g/mol. The molecule has 27 heavy (non-hydrogen) atoms. The lowest BCUT2D eigenvalue weighted by molar-refractivity contribution is -0.126. The lowest BCUT2D eigenvalue weighted by atomic mass is 9.97. The SMILES string of the molecule is O=C(c1cccs1)N1CC(C(=O)N(Cc2ccccc2)c2ccccc2)C1. The Kier molecular flexibility index (Phi) is 5.03. The van der Waals surface area contributed by atoms with Gasteiger partial charge in [-0.2, -0.15) is 0 Å². The van der Waals surface area contributed by atoms with Crippen LogP contribution in [0.25, 0.3) is 0 Å². The van der Waals surface area contributed by atoms with E-state index in [1.165, 1.54) is 11.3 Å². The molecule has 1 aliphatic heterocycles. The van der Waals surface area contributed by atoms with Crippen LogP contribution in [0.4, 0.5) is 5.69 Å². The third kappa shape index (κ3) is 3.78. The fourth-order valence-corrected chi connectivity index (χ4v) is 3.94. The van der Waals surface area contributed by atoms with Crippen molar-refractivity contribution in [2.24, 2.45) is 5.92 Å². The fraction of sp³-hybridized carbons (Fsp3) is 0.182. The van der Waals surface area contributed by atoms with Gasteiger partial charge < -0.3 is 9.80 Å². The molecule has 1 aromatic heterocycles. The zero-order chi connectivity index (χ0) is 18.6. The Morgan fingerprint density at radius 2 is 1.59 bits per heavy atom. The molecule has 0 unspecified atom stereocenters. The predicted octanol–water partition coefficient (Wildman–Crippen LogP) is 4.05. The van der Waals surface area contributed by atoms with Gasteiger partial charge in [0.1, 0.15) is 0 Å². The first-order valence-electron chi connectivity index (χ1n) is 8.95. The Balaban J connectivity index is 1.48. The molecule has 0 N–H and O–H groups in total. The molecule has 0 spiro atoms. The number of likely N-dealkylation sites (tertiary alicyclic amines) is 1. The first-order valence-corrected chi connectivity index (χ1v) is 9.83. The molecule has 1 fully saturated rings. The summed E-state index contributed by atoms with van der Waals surface area (Å²) in [6.45, 7) is 1.49. The highest BCUT2D eigenvalue weighted by atomic mass is 32.1. The first-order chi connectivity index (χ1) is 13.2. The van der Waals surface area contributed by atoms with Crippen molar-refractivity contribution in [2.45, 2.75) is 6.54 Å². The maximum atomic E-state index is 13.2. The maximum absolute atomic E-state index is 13.2. The van der Waals surface area contributed by atoms with Crippen molar-refractivity contribution < 1.29 is 9.59 Å². The van der Waals surface area contributed by atoms with Crippen molar-refractivity contribution in [1.82, 2.24) is 4.90 Å². The van der Waals surface area contributed by atoms with Crippen molar-refractivity contribution in [2.75, 3.05) is 18.0 Å². The van der Waals surface area contributed by atoms with E-state index in [0.717, 1.165) is 16.1 Å². The van der Waals surface area contributed by atoms with Crippen LogP contribution in [0.3, 0.4) is 0 Å². The Morgan fingerprint density at radius 3 is 2.22 bits per heavy atom. The Morgan fingerprint density at radius 1 is 0.926 bits per heavy atom. The van der Waals surface area contributed by atoms with Crippen molar-refractivity contribution in [3.63, 3.8) is 0 Å². The normalized spacial score (nSPS) is 13.9. The summed E-state index contributed by atoms with van der Waals surface area (Å²) in [7, 11) is 0. The van der Waals surface area contributed by atoms with Crippen molar-refractivity contribution in [3.05, 3.63) is 88.6 Å². The summed E-state index contributed by atoms with van der Waals surface area (Å²) in [5.74, 6) is -0.0681. The topological polar surface area (TPSA) is 40.6 Å². The lowest BCUT2D eigenvalue weighted by Gasteiger charge is -2.40. The van der Waals surface area contributed by atoms with Crippen LogP contribution in [0.1, 0.15) is 15.2 Å². The van der Waals surface area contributed by atoms with Gasteiger partial charge in [0.05, 0.1) is 17.3 Å². The number of carbonyl (C=O) groups is 2. The molecule has 2 heterocycles. The highest BCUT2D eigenvalue weighted by molar-refractivity contribution is 7.12. The fourth-order valence-electron chi connectivity index (χ4n) is 3.25. The maximum Gasteiger partial charge on any atom is 0.263 e. The molecule has 4 nitrogen and oxygen atoms in total. The number of carbonyl (C=O) groups excluding carboxylic acids is 2. The van der Waals surface area contributed by atoms with Crippen molar-refractivity contribution in [1.29, 1.82) is 0 Å². The second-order valence-corrected chi connectivity index (χ2v) is 7.58. The highest BCUT2D eigenvalue weighted by Gasteiger charge is 2.38. The summed E-state index contributed by atoms with van der Waals surface area (Å²) in [6, 6.07) is 23.4. The largest absolute Gasteiger partial charge is 0.336 e. The van der Waals surface area contributed by atoms with Crippen molar-refractivity contribution >= 4 is 28.8 Å². The van der Waals surface area contributed by atoms with Gasteiger partial charge in [-0.05, 0) is 29.1 Å². The predicted molar refractivity (Wildman–Crippen MR) is 108 cm³/mol. The number of para-hydroxylation sites is 1. The van der Waals surface area contributed by atoms with Gasteiger partial charge in [-0.1, -0.05) is 54.6 Å². The molecule has 2 amide bonds. The lowest BCUT2D eigenvalue weighted by Crippen LogP contribution is -2.56. The van der Waals surface area contributed by atoms with Crippen LogP contribution in [-0.4, -0.2) is 29.8 Å². The third-order valence-corrected chi connectivity index (χ3v) is 5.63. The molecule has 0 saturated carbocycles. The van der Waals surface area contributed by atoms with Crippen LogP contribution in [0, 0.1) is 5.92 Å². The summed E-state index contributed by atoms with van der Waals surface area (Å²) in [5, 5.41) is 1.90. The molecular weight excluding hydrogens is 356 g/mol. The van der Waals surface area contributed by atoms with Crippen LogP contribution < -0.4 is 4.90 Å². The minimum absolute atomic E-state index is 0.0170. The Hall–Kier alpha value is -2.92. The van der Waals surface area contributed by atoms with Gasteiger partial charge in [-0.3, -0.25) is 9.59 Å². The van der Waals surface area contributed by atoms with Gasteiger partial charge >= 0.3 is 0 Å². The van der Waals surface area contributed by atoms with E-state index in [0.29, 0.717) is 19.6 Å². The van der Waals surface area contributed by atoms with Crippen LogP contribution in [0.5, 0.6) is 0 Å². The molecule has 0 atom stereocenters. The van der Waals surface area contributed by atoms with Crippen LogP contribution in [-0.2, 0) is 11.3 Å². The van der Waals surface area contributed by atoms with Crippen LogP contribution in [0.15, 0.2) is 78.2 Å². The molecule has 136 valence electrons. The smallest absolute Gasteiger partial charge is 0.263 e. The average Bonchev–Trinajstić information content (AvgIpc) is 3.21. The standard InChI is InChI=1S/C22H20N2O2S/c25-21(18-15-23(16-18)22(26)20-12-7-13-27-20)24(19-10-5-2-6-11-19)14-17-8-3-1-4-9-17/h1-13,18H,14-16H2. The zero-order valence-corrected chi connectivity index (χ0v) is 15.6. The Bertz CT molecular complexity index is 904. The molecule has 0 radical (unpaired) electrons. The number of nitrogens with zero attached hydrogens (tertiary/aromatic N) is 2. The second kappa shape index (κ2) is 7.76. The summed E-state index contributed by atoms with van der Waals surface area (Å²) >= 11 is 1.44. The number of anilines is 1. The number of benzene rings is 2. The van der Waals surface area contributed by atoms with Gasteiger partial charge in [0, 0.05) is 18.8 Å². The van der Waals surface area contributed by atoms with E-state index < -0.39 is 0 Å². The van der Waals surface area contributed by atoms with E-state index >= 15 is 0 Å². The zero-order valence-electron chi connectivity index (χ0n) is 14.8. The highest BCUT2D eigenvalue weighted by Crippen LogP contribution is 2.26. The summed E-state index contributed by atoms with van der Waals surface area (Å²) in [6.07, 6.45) is 0. The van der Waals surface area contributed by atoms with E-state index in [-0.39, 0.29) is 17.7 Å². The molecule has 0 aliphatic carbocycles. The number of thiophene rings is 1.